The summed E-state index contributed by atoms with van der Waals surface area (Å²) in [6, 6.07) is 5.53. The molecule has 0 amide bonds. The van der Waals surface area contributed by atoms with Gasteiger partial charge in [-0.25, -0.2) is 9.71 Å². The van der Waals surface area contributed by atoms with E-state index in [1.807, 2.05) is 25.1 Å². The summed E-state index contributed by atoms with van der Waals surface area (Å²) in [5.41, 5.74) is 0. The molecule has 0 atom stereocenters. The van der Waals surface area contributed by atoms with Crippen LogP contribution in [0.25, 0.3) is 0 Å². The van der Waals surface area contributed by atoms with Crippen molar-refractivity contribution >= 4 is 16.0 Å². The highest BCUT2D eigenvalue weighted by atomic mass is 32.2. The third kappa shape index (κ3) is 4.99. The van der Waals surface area contributed by atoms with Gasteiger partial charge in [0.1, 0.15) is 5.82 Å². The van der Waals surface area contributed by atoms with Crippen molar-refractivity contribution < 1.29 is 8.42 Å². The summed E-state index contributed by atoms with van der Waals surface area (Å²) in [5.74, 6) is 0.735. The number of hydrogen-bond donors (Lipinski definition) is 2. The topological polar surface area (TPSA) is 74.3 Å². The SMILES string of the molecule is CCCN(C)S(=O)(=O)NCCNc1ccccn1. The lowest BCUT2D eigenvalue weighted by Gasteiger charge is -2.16. The number of pyridine rings is 1. The van der Waals surface area contributed by atoms with Crippen LogP contribution >= 0.6 is 0 Å². The van der Waals surface area contributed by atoms with E-state index in [1.165, 1.54) is 4.31 Å². The average molecular weight is 272 g/mol. The molecule has 1 aromatic rings. The number of hydrogen-bond acceptors (Lipinski definition) is 4. The van der Waals surface area contributed by atoms with Gasteiger partial charge in [-0.2, -0.15) is 12.7 Å². The molecule has 1 rings (SSSR count). The highest BCUT2D eigenvalue weighted by molar-refractivity contribution is 7.87. The van der Waals surface area contributed by atoms with Crippen molar-refractivity contribution in [1.82, 2.24) is 14.0 Å². The molecule has 102 valence electrons. The van der Waals surface area contributed by atoms with Gasteiger partial charge in [-0.05, 0) is 18.6 Å². The summed E-state index contributed by atoms with van der Waals surface area (Å²) < 4.78 is 27.2. The molecule has 1 heterocycles. The maximum absolute atomic E-state index is 11.7. The van der Waals surface area contributed by atoms with Gasteiger partial charge in [-0.1, -0.05) is 13.0 Å². The largest absolute Gasteiger partial charge is 0.369 e. The summed E-state index contributed by atoms with van der Waals surface area (Å²) >= 11 is 0. The number of rotatable bonds is 8. The lowest BCUT2D eigenvalue weighted by molar-refractivity contribution is 0.458. The van der Waals surface area contributed by atoms with Gasteiger partial charge >= 0.3 is 0 Å². The Morgan fingerprint density at radius 3 is 2.72 bits per heavy atom. The van der Waals surface area contributed by atoms with Gasteiger partial charge in [-0.15, -0.1) is 0 Å². The van der Waals surface area contributed by atoms with Crippen LogP contribution in [0.15, 0.2) is 24.4 Å². The van der Waals surface area contributed by atoms with Gasteiger partial charge in [0.05, 0.1) is 0 Å². The van der Waals surface area contributed by atoms with Crippen molar-refractivity contribution in [1.29, 1.82) is 0 Å². The number of nitrogens with zero attached hydrogens (tertiary/aromatic N) is 2. The number of nitrogens with one attached hydrogen (secondary N) is 2. The third-order valence-corrected chi connectivity index (χ3v) is 3.90. The lowest BCUT2D eigenvalue weighted by Crippen LogP contribution is -2.40. The fraction of sp³-hybridized carbons (Fsp3) is 0.545. The summed E-state index contributed by atoms with van der Waals surface area (Å²) in [6.45, 7) is 3.28. The van der Waals surface area contributed by atoms with Crippen LogP contribution in [0.4, 0.5) is 5.82 Å². The number of aromatic nitrogens is 1. The van der Waals surface area contributed by atoms with Gasteiger partial charge in [0.2, 0.25) is 0 Å². The minimum atomic E-state index is -3.35. The molecule has 7 heteroatoms. The standard InChI is InChI=1S/C11H20N4O2S/c1-3-10-15(2)18(16,17)14-9-8-13-11-6-4-5-7-12-11/h4-7,14H,3,8-10H2,1-2H3,(H,12,13). The van der Waals surface area contributed by atoms with E-state index in [9.17, 15) is 8.42 Å². The van der Waals surface area contributed by atoms with Crippen LogP contribution in [0.5, 0.6) is 0 Å². The van der Waals surface area contributed by atoms with E-state index in [2.05, 4.69) is 15.0 Å². The molecule has 0 aliphatic heterocycles. The molecule has 0 aromatic carbocycles. The Morgan fingerprint density at radius 1 is 1.33 bits per heavy atom. The first-order valence-electron chi connectivity index (χ1n) is 5.92. The quantitative estimate of drug-likeness (QED) is 0.682. The zero-order valence-electron chi connectivity index (χ0n) is 10.8. The Morgan fingerprint density at radius 2 is 2.11 bits per heavy atom. The van der Waals surface area contributed by atoms with Crippen LogP contribution in [-0.4, -0.2) is 44.4 Å². The monoisotopic (exact) mass is 272 g/mol. The Bertz CT molecular complexity index is 436. The predicted octanol–water partition coefficient (Wildman–Crippen LogP) is 0.670. The molecule has 6 nitrogen and oxygen atoms in total. The zero-order valence-corrected chi connectivity index (χ0v) is 11.6. The molecule has 1 aromatic heterocycles. The Labute approximate surface area is 109 Å². The first kappa shape index (κ1) is 14.9. The second-order valence-electron chi connectivity index (χ2n) is 3.86. The fourth-order valence-corrected chi connectivity index (χ4v) is 2.39. The molecule has 0 aliphatic carbocycles. The molecule has 0 fully saturated rings. The summed E-state index contributed by atoms with van der Waals surface area (Å²) in [7, 11) is -1.79. The zero-order chi connectivity index (χ0) is 13.4. The molecular weight excluding hydrogens is 252 g/mol. The van der Waals surface area contributed by atoms with Crippen LogP contribution in [-0.2, 0) is 10.2 Å². The van der Waals surface area contributed by atoms with E-state index in [0.29, 0.717) is 19.6 Å². The normalized spacial score (nSPS) is 11.7. The van der Waals surface area contributed by atoms with E-state index in [0.717, 1.165) is 12.2 Å². The van der Waals surface area contributed by atoms with Crippen molar-refractivity contribution in [3.63, 3.8) is 0 Å². The maximum atomic E-state index is 11.7. The molecule has 0 unspecified atom stereocenters. The van der Waals surface area contributed by atoms with Crippen molar-refractivity contribution in [2.45, 2.75) is 13.3 Å². The van der Waals surface area contributed by atoms with Crippen molar-refractivity contribution in [3.05, 3.63) is 24.4 Å². The predicted molar refractivity (Wildman–Crippen MR) is 72.6 cm³/mol. The van der Waals surface area contributed by atoms with Gasteiger partial charge in [0.25, 0.3) is 10.2 Å². The molecule has 0 spiro atoms. The van der Waals surface area contributed by atoms with E-state index in [1.54, 1.807) is 13.2 Å². The Hall–Kier alpha value is -1.18. The fourth-order valence-electron chi connectivity index (χ4n) is 1.38. The minimum Gasteiger partial charge on any atom is -0.369 e. The summed E-state index contributed by atoms with van der Waals surface area (Å²) in [6.07, 6.45) is 2.48. The van der Waals surface area contributed by atoms with Crippen molar-refractivity contribution in [2.24, 2.45) is 0 Å². The molecular formula is C11H20N4O2S. The van der Waals surface area contributed by atoms with E-state index in [-0.39, 0.29) is 0 Å². The van der Waals surface area contributed by atoms with Crippen LogP contribution in [0.1, 0.15) is 13.3 Å². The first-order valence-corrected chi connectivity index (χ1v) is 7.36. The van der Waals surface area contributed by atoms with Gasteiger partial charge in [-0.3, -0.25) is 0 Å². The van der Waals surface area contributed by atoms with Crippen LogP contribution in [0, 0.1) is 0 Å². The van der Waals surface area contributed by atoms with Gasteiger partial charge in [0.15, 0.2) is 0 Å². The van der Waals surface area contributed by atoms with Gasteiger partial charge in [0, 0.05) is 32.9 Å². The van der Waals surface area contributed by atoms with Crippen LogP contribution in [0.2, 0.25) is 0 Å². The second kappa shape index (κ2) is 7.30. The Kier molecular flexibility index (Phi) is 6.03. The molecule has 0 saturated carbocycles. The van der Waals surface area contributed by atoms with E-state index >= 15 is 0 Å². The minimum absolute atomic E-state index is 0.326. The Balaban J connectivity index is 2.29. The molecule has 0 bridgehead atoms. The van der Waals surface area contributed by atoms with E-state index in [4.69, 9.17) is 0 Å². The summed E-state index contributed by atoms with van der Waals surface area (Å²) in [4.78, 5) is 4.08. The molecule has 0 aliphatic rings. The molecule has 0 saturated heterocycles. The average Bonchev–Trinajstić information content (AvgIpc) is 2.36. The lowest BCUT2D eigenvalue weighted by atomic mass is 10.4. The molecule has 18 heavy (non-hydrogen) atoms. The van der Waals surface area contributed by atoms with Crippen molar-refractivity contribution in [3.8, 4) is 0 Å². The second-order valence-corrected chi connectivity index (χ2v) is 5.72. The third-order valence-electron chi connectivity index (χ3n) is 2.33. The highest BCUT2D eigenvalue weighted by Crippen LogP contribution is 1.98. The maximum Gasteiger partial charge on any atom is 0.279 e. The highest BCUT2D eigenvalue weighted by Gasteiger charge is 2.14. The number of anilines is 1. The van der Waals surface area contributed by atoms with Crippen LogP contribution < -0.4 is 10.0 Å². The van der Waals surface area contributed by atoms with Crippen LogP contribution in [0.3, 0.4) is 0 Å². The molecule has 0 radical (unpaired) electrons. The van der Waals surface area contributed by atoms with Crippen molar-refractivity contribution in [2.75, 3.05) is 32.0 Å². The van der Waals surface area contributed by atoms with E-state index < -0.39 is 10.2 Å². The smallest absolute Gasteiger partial charge is 0.279 e. The van der Waals surface area contributed by atoms with Gasteiger partial charge < -0.3 is 5.32 Å². The summed E-state index contributed by atoms with van der Waals surface area (Å²) in [5, 5.41) is 3.03. The first-order chi connectivity index (χ1) is 8.56. The molecule has 2 N–H and O–H groups in total.